The molecule has 5 nitrogen and oxygen atoms in total. The third-order valence-electron chi connectivity index (χ3n) is 5.07. The molecule has 2 heterocycles. The van der Waals surface area contributed by atoms with Crippen LogP contribution in [-0.4, -0.2) is 40.8 Å². The van der Waals surface area contributed by atoms with Crippen molar-refractivity contribution < 1.29 is 9.18 Å². The van der Waals surface area contributed by atoms with E-state index >= 15 is 0 Å². The molecular weight excluding hydrogens is 331 g/mol. The number of aromatic nitrogens is 2. The highest BCUT2D eigenvalue weighted by Gasteiger charge is 2.27. The number of hydrogen-bond acceptors (Lipinski definition) is 2. The molecule has 1 saturated heterocycles. The molecule has 1 aliphatic rings. The van der Waals surface area contributed by atoms with Crippen molar-refractivity contribution in [2.75, 3.05) is 20.1 Å². The molecule has 2 amide bonds. The number of carbonyl (C=O) groups is 1. The Morgan fingerprint density at radius 2 is 1.81 bits per heavy atom. The molecule has 134 valence electrons. The van der Waals surface area contributed by atoms with Crippen LogP contribution in [0.1, 0.15) is 24.5 Å². The van der Waals surface area contributed by atoms with E-state index < -0.39 is 0 Å². The predicted molar refractivity (Wildman–Crippen MR) is 99.0 cm³/mol. The van der Waals surface area contributed by atoms with Crippen molar-refractivity contribution in [3.63, 3.8) is 0 Å². The molecule has 1 N–H and O–H groups in total. The zero-order valence-corrected chi connectivity index (χ0v) is 14.7. The Bertz CT molecular complexity index is 927. The smallest absolute Gasteiger partial charge is 0.317 e. The van der Waals surface area contributed by atoms with Crippen LogP contribution in [0.5, 0.6) is 0 Å². The Kier molecular flexibility index (Phi) is 4.32. The van der Waals surface area contributed by atoms with Crippen LogP contribution in [0.4, 0.5) is 9.18 Å². The Morgan fingerprint density at radius 1 is 1.12 bits per heavy atom. The fourth-order valence-electron chi connectivity index (χ4n) is 3.69. The summed E-state index contributed by atoms with van der Waals surface area (Å²) in [5, 5.41) is 8.68. The van der Waals surface area contributed by atoms with E-state index in [-0.39, 0.29) is 11.8 Å². The van der Waals surface area contributed by atoms with Gasteiger partial charge < -0.3 is 10.2 Å². The summed E-state index contributed by atoms with van der Waals surface area (Å²) in [6.45, 7) is 1.45. The number of para-hydroxylation sites is 1. The van der Waals surface area contributed by atoms with Gasteiger partial charge in [0.2, 0.25) is 0 Å². The lowest BCUT2D eigenvalue weighted by atomic mass is 9.92. The molecule has 0 atom stereocenters. The Balaban J connectivity index is 1.68. The maximum Gasteiger partial charge on any atom is 0.317 e. The molecule has 1 aromatic heterocycles. The normalized spacial score (nSPS) is 15.4. The number of fused-ring (bicyclic) bond motifs is 1. The number of rotatable bonds is 2. The van der Waals surface area contributed by atoms with Crippen LogP contribution in [0.3, 0.4) is 0 Å². The van der Waals surface area contributed by atoms with Crippen molar-refractivity contribution in [3.8, 4) is 5.69 Å². The summed E-state index contributed by atoms with van der Waals surface area (Å²) in [5.74, 6) is 0.0505. The highest BCUT2D eigenvalue weighted by molar-refractivity contribution is 5.84. The van der Waals surface area contributed by atoms with E-state index in [0.717, 1.165) is 48.2 Å². The van der Waals surface area contributed by atoms with Gasteiger partial charge in [-0.15, -0.1) is 0 Å². The van der Waals surface area contributed by atoms with Crippen molar-refractivity contribution in [2.24, 2.45) is 0 Å². The van der Waals surface area contributed by atoms with Crippen LogP contribution < -0.4 is 5.32 Å². The Morgan fingerprint density at radius 3 is 2.50 bits per heavy atom. The van der Waals surface area contributed by atoms with Gasteiger partial charge in [-0.05, 0) is 43.2 Å². The van der Waals surface area contributed by atoms with E-state index in [1.54, 1.807) is 19.2 Å². The summed E-state index contributed by atoms with van der Waals surface area (Å²) in [6.07, 6.45) is 1.77. The van der Waals surface area contributed by atoms with Crippen molar-refractivity contribution in [3.05, 3.63) is 60.0 Å². The van der Waals surface area contributed by atoms with Crippen LogP contribution in [0, 0.1) is 5.82 Å². The SMILES string of the molecule is CNC(=O)N1CCC(c2nn(-c3ccc(F)cc3)c3ccccc23)CC1. The van der Waals surface area contributed by atoms with E-state index in [9.17, 15) is 9.18 Å². The van der Waals surface area contributed by atoms with Crippen molar-refractivity contribution >= 4 is 16.9 Å². The third-order valence-corrected chi connectivity index (χ3v) is 5.07. The lowest BCUT2D eigenvalue weighted by Gasteiger charge is -2.31. The van der Waals surface area contributed by atoms with Crippen LogP contribution in [0.15, 0.2) is 48.5 Å². The summed E-state index contributed by atoms with van der Waals surface area (Å²) >= 11 is 0. The molecule has 0 spiro atoms. The molecule has 1 aliphatic heterocycles. The van der Waals surface area contributed by atoms with Crippen molar-refractivity contribution in [1.82, 2.24) is 20.0 Å². The Labute approximate surface area is 151 Å². The number of piperidine rings is 1. The van der Waals surface area contributed by atoms with Crippen LogP contribution in [0.2, 0.25) is 0 Å². The van der Waals surface area contributed by atoms with Gasteiger partial charge in [-0.3, -0.25) is 0 Å². The number of carbonyl (C=O) groups excluding carboxylic acids is 1. The molecule has 4 rings (SSSR count). The molecule has 2 aromatic carbocycles. The summed E-state index contributed by atoms with van der Waals surface area (Å²) in [6, 6.07) is 14.5. The topological polar surface area (TPSA) is 50.2 Å². The molecular formula is C20H21FN4O. The number of benzene rings is 2. The van der Waals surface area contributed by atoms with Gasteiger partial charge in [-0.25, -0.2) is 13.9 Å². The fourth-order valence-corrected chi connectivity index (χ4v) is 3.69. The first-order chi connectivity index (χ1) is 12.7. The standard InChI is InChI=1S/C20H21FN4O/c1-22-20(26)24-12-10-14(11-13-24)19-17-4-2-3-5-18(17)25(23-19)16-8-6-15(21)7-9-16/h2-9,14H,10-13H2,1H3,(H,22,26). The van der Waals surface area contributed by atoms with Gasteiger partial charge in [0.25, 0.3) is 0 Å². The zero-order valence-electron chi connectivity index (χ0n) is 14.7. The summed E-state index contributed by atoms with van der Waals surface area (Å²) in [5.41, 5.74) is 2.92. The van der Waals surface area contributed by atoms with Gasteiger partial charge in [-0.1, -0.05) is 18.2 Å². The molecule has 0 bridgehead atoms. The van der Waals surface area contributed by atoms with Gasteiger partial charge in [0.15, 0.2) is 0 Å². The highest BCUT2D eigenvalue weighted by atomic mass is 19.1. The number of nitrogens with zero attached hydrogens (tertiary/aromatic N) is 3. The zero-order chi connectivity index (χ0) is 18.1. The molecule has 6 heteroatoms. The molecule has 3 aromatic rings. The second-order valence-electron chi connectivity index (χ2n) is 6.61. The lowest BCUT2D eigenvalue weighted by molar-refractivity contribution is 0.183. The molecule has 0 unspecified atom stereocenters. The molecule has 26 heavy (non-hydrogen) atoms. The number of nitrogens with one attached hydrogen (secondary N) is 1. The quantitative estimate of drug-likeness (QED) is 0.765. The second kappa shape index (κ2) is 6.78. The second-order valence-corrected chi connectivity index (χ2v) is 6.61. The van der Waals surface area contributed by atoms with Gasteiger partial charge in [0, 0.05) is 31.4 Å². The number of amides is 2. The van der Waals surface area contributed by atoms with E-state index in [1.165, 1.54) is 12.1 Å². The molecule has 0 radical (unpaired) electrons. The maximum atomic E-state index is 13.3. The highest BCUT2D eigenvalue weighted by Crippen LogP contribution is 2.33. The summed E-state index contributed by atoms with van der Waals surface area (Å²) in [4.78, 5) is 13.6. The number of hydrogen-bond donors (Lipinski definition) is 1. The monoisotopic (exact) mass is 352 g/mol. The molecule has 0 saturated carbocycles. The third kappa shape index (κ3) is 2.92. The average molecular weight is 352 g/mol. The van der Waals surface area contributed by atoms with Gasteiger partial charge >= 0.3 is 6.03 Å². The molecule has 0 aliphatic carbocycles. The van der Waals surface area contributed by atoms with E-state index in [4.69, 9.17) is 5.10 Å². The maximum absolute atomic E-state index is 13.3. The first-order valence-corrected chi connectivity index (χ1v) is 8.87. The average Bonchev–Trinajstić information content (AvgIpc) is 3.08. The number of halogens is 1. The van der Waals surface area contributed by atoms with Gasteiger partial charge in [0.05, 0.1) is 16.9 Å². The van der Waals surface area contributed by atoms with Crippen molar-refractivity contribution in [1.29, 1.82) is 0 Å². The van der Waals surface area contributed by atoms with Gasteiger partial charge in [0.1, 0.15) is 5.82 Å². The fraction of sp³-hybridized carbons (Fsp3) is 0.300. The first-order valence-electron chi connectivity index (χ1n) is 8.87. The molecule has 1 fully saturated rings. The summed E-state index contributed by atoms with van der Waals surface area (Å²) < 4.78 is 15.2. The summed E-state index contributed by atoms with van der Waals surface area (Å²) in [7, 11) is 1.66. The lowest BCUT2D eigenvalue weighted by Crippen LogP contribution is -2.42. The van der Waals surface area contributed by atoms with Crippen molar-refractivity contribution in [2.45, 2.75) is 18.8 Å². The van der Waals surface area contributed by atoms with Gasteiger partial charge in [-0.2, -0.15) is 5.10 Å². The Hall–Kier alpha value is -2.89. The first kappa shape index (κ1) is 16.6. The van der Waals surface area contributed by atoms with E-state index in [2.05, 4.69) is 11.4 Å². The minimum absolute atomic E-state index is 0.0230. The van der Waals surface area contributed by atoms with Crippen LogP contribution >= 0.6 is 0 Å². The van der Waals surface area contributed by atoms with E-state index in [0.29, 0.717) is 5.92 Å². The predicted octanol–water partition coefficient (Wildman–Crippen LogP) is 3.68. The minimum Gasteiger partial charge on any atom is -0.341 e. The number of urea groups is 1. The van der Waals surface area contributed by atoms with Crippen LogP contribution in [0.25, 0.3) is 16.6 Å². The van der Waals surface area contributed by atoms with Crippen LogP contribution in [-0.2, 0) is 0 Å². The largest absolute Gasteiger partial charge is 0.341 e. The minimum atomic E-state index is -0.257. The number of likely N-dealkylation sites (tertiary alicyclic amines) is 1. The van der Waals surface area contributed by atoms with E-state index in [1.807, 2.05) is 27.8 Å².